The minimum Gasteiger partial charge on any atom is -0.490 e. The van der Waals surface area contributed by atoms with Crippen molar-refractivity contribution < 1.29 is 27.1 Å². The van der Waals surface area contributed by atoms with Crippen LogP contribution in [0.4, 0.5) is 11.4 Å². The number of rotatable bonds is 9. The Bertz CT molecular complexity index is 1600. The van der Waals surface area contributed by atoms with Gasteiger partial charge in [-0.25, -0.2) is 0 Å². The highest BCUT2D eigenvalue weighted by Gasteiger charge is 2.24. The molecule has 0 fully saturated rings. The topological polar surface area (TPSA) is 149 Å². The Morgan fingerprint density at radius 2 is 1.92 bits per heavy atom. The first-order valence-electron chi connectivity index (χ1n) is 10.5. The van der Waals surface area contributed by atoms with Gasteiger partial charge in [-0.15, -0.1) is 0 Å². The molecule has 1 N–H and O–H groups in total. The van der Waals surface area contributed by atoms with Gasteiger partial charge in [-0.05, 0) is 64.8 Å². The number of anilines is 1. The van der Waals surface area contributed by atoms with E-state index >= 15 is 0 Å². The summed E-state index contributed by atoms with van der Waals surface area (Å²) in [6.45, 7) is 1.77. The lowest BCUT2D eigenvalue weighted by molar-refractivity contribution is -0.385. The number of carbonyl (C=O) groups is 1. The highest BCUT2D eigenvalue weighted by Crippen LogP contribution is 2.39. The molecule has 0 aromatic heterocycles. The minimum absolute atomic E-state index is 0.0299. The molecule has 0 spiro atoms. The van der Waals surface area contributed by atoms with Crippen molar-refractivity contribution >= 4 is 72.6 Å². The van der Waals surface area contributed by atoms with E-state index in [2.05, 4.69) is 21.2 Å². The molecule has 14 heteroatoms. The summed E-state index contributed by atoms with van der Waals surface area (Å²) in [7, 11) is -4.50. The van der Waals surface area contributed by atoms with Crippen LogP contribution in [-0.2, 0) is 14.9 Å². The van der Waals surface area contributed by atoms with Crippen molar-refractivity contribution in [2.24, 2.45) is 0 Å². The Morgan fingerprint density at radius 1 is 1.21 bits per heavy atom. The number of carbonyl (C=O) groups excluding carboxylic acids is 1. The zero-order valence-electron chi connectivity index (χ0n) is 19.3. The van der Waals surface area contributed by atoms with Crippen molar-refractivity contribution in [2.75, 3.05) is 11.9 Å². The monoisotopic (exact) mass is 639 g/mol. The number of nitrogens with zero attached hydrogens (tertiary/aromatic N) is 2. The predicted molar refractivity (Wildman–Crippen MR) is 145 cm³/mol. The number of non-ortho nitro benzene ring substituents is 1. The third kappa shape index (κ3) is 6.81. The van der Waals surface area contributed by atoms with Gasteiger partial charge in [0.2, 0.25) is 0 Å². The maximum absolute atomic E-state index is 12.9. The quantitative estimate of drug-likeness (QED) is 0.0931. The van der Waals surface area contributed by atoms with Gasteiger partial charge in [0.15, 0.2) is 11.5 Å². The van der Waals surface area contributed by atoms with E-state index in [9.17, 15) is 28.6 Å². The zero-order valence-corrected chi connectivity index (χ0v) is 23.2. The van der Waals surface area contributed by atoms with E-state index in [1.165, 1.54) is 36.4 Å². The van der Waals surface area contributed by atoms with Crippen LogP contribution in [0.2, 0.25) is 10.0 Å². The Morgan fingerprint density at radius 3 is 2.58 bits per heavy atom. The molecule has 0 heterocycles. The summed E-state index contributed by atoms with van der Waals surface area (Å²) < 4.78 is 36.6. The van der Waals surface area contributed by atoms with Gasteiger partial charge in [0, 0.05) is 12.1 Å². The van der Waals surface area contributed by atoms with Gasteiger partial charge in [0.25, 0.3) is 11.6 Å². The lowest BCUT2D eigenvalue weighted by Gasteiger charge is -2.14. The first kappa shape index (κ1) is 28.9. The summed E-state index contributed by atoms with van der Waals surface area (Å²) in [6, 6.07) is 13.6. The Balaban J connectivity index is 1.97. The zero-order chi connectivity index (χ0) is 28.0. The molecule has 38 heavy (non-hydrogen) atoms. The smallest absolute Gasteiger partial charge is 0.339 e. The Labute approximate surface area is 235 Å². The number of nitrogens with one attached hydrogen (secondary N) is 1. The summed E-state index contributed by atoms with van der Waals surface area (Å²) in [6.07, 6.45) is 1.25. The van der Waals surface area contributed by atoms with E-state index in [1.54, 1.807) is 19.1 Å². The third-order valence-corrected chi connectivity index (χ3v) is 7.34. The largest absolute Gasteiger partial charge is 0.490 e. The maximum Gasteiger partial charge on any atom is 0.339 e. The van der Waals surface area contributed by atoms with Crippen molar-refractivity contribution in [2.45, 2.75) is 11.8 Å². The number of nitro groups is 1. The molecule has 0 unspecified atom stereocenters. The summed E-state index contributed by atoms with van der Waals surface area (Å²) >= 11 is 15.3. The highest BCUT2D eigenvalue weighted by atomic mass is 79.9. The SMILES string of the molecule is CCOc1cc(/C=C(\C#N)C(=O)Nc2cccc(Cl)c2Cl)cc(Br)c1OS(=O)(=O)c1cccc([N+](=O)[O-])c1. The lowest BCUT2D eigenvalue weighted by Crippen LogP contribution is -2.14. The van der Waals surface area contributed by atoms with Crippen LogP contribution in [0.25, 0.3) is 6.08 Å². The van der Waals surface area contributed by atoms with Gasteiger partial charge in [0.1, 0.15) is 16.5 Å². The van der Waals surface area contributed by atoms with Crippen LogP contribution in [0.15, 0.2) is 69.5 Å². The Kier molecular flexibility index (Phi) is 9.35. The molecule has 0 saturated carbocycles. The van der Waals surface area contributed by atoms with Gasteiger partial charge in [-0.2, -0.15) is 13.7 Å². The van der Waals surface area contributed by atoms with Crippen LogP contribution in [-0.4, -0.2) is 25.9 Å². The second-order valence-electron chi connectivity index (χ2n) is 7.28. The fourth-order valence-corrected chi connectivity index (χ4v) is 5.02. The lowest BCUT2D eigenvalue weighted by atomic mass is 10.1. The van der Waals surface area contributed by atoms with E-state index < -0.39 is 31.5 Å². The van der Waals surface area contributed by atoms with Crippen LogP contribution >= 0.6 is 39.1 Å². The fraction of sp³-hybridized carbons (Fsp3) is 0.0833. The molecule has 0 aliphatic carbocycles. The van der Waals surface area contributed by atoms with Gasteiger partial charge in [-0.1, -0.05) is 35.3 Å². The summed E-state index contributed by atoms with van der Waals surface area (Å²) in [5.41, 5.74) is -0.227. The normalized spacial score (nSPS) is 11.4. The fourth-order valence-electron chi connectivity index (χ4n) is 3.03. The van der Waals surface area contributed by atoms with Crippen molar-refractivity contribution in [1.29, 1.82) is 5.26 Å². The molecular weight excluding hydrogens is 625 g/mol. The minimum atomic E-state index is -4.50. The standard InChI is InChI=1S/C24H16BrCl2N3O7S/c1-2-36-21-11-14(9-15(13-28)24(31)29-20-8-4-7-19(26)22(20)27)10-18(25)23(21)37-38(34,35)17-6-3-5-16(12-17)30(32)33/h3-12H,2H2,1H3,(H,29,31)/b15-9+. The summed E-state index contributed by atoms with van der Waals surface area (Å²) in [5, 5.41) is 23.4. The number of halogens is 3. The van der Waals surface area contributed by atoms with Crippen molar-refractivity contribution in [3.05, 3.63) is 90.4 Å². The van der Waals surface area contributed by atoms with E-state index in [0.29, 0.717) is 5.56 Å². The summed E-state index contributed by atoms with van der Waals surface area (Å²) in [4.78, 5) is 22.6. The molecule has 0 aliphatic rings. The molecule has 0 saturated heterocycles. The first-order chi connectivity index (χ1) is 18.0. The molecule has 3 aromatic rings. The number of ether oxygens (including phenoxy) is 1. The first-order valence-corrected chi connectivity index (χ1v) is 13.4. The van der Waals surface area contributed by atoms with Gasteiger partial charge < -0.3 is 14.2 Å². The number of nitriles is 1. The number of hydrogen-bond donors (Lipinski definition) is 1. The molecule has 0 atom stereocenters. The van der Waals surface area contributed by atoms with Crippen LogP contribution in [0.5, 0.6) is 11.5 Å². The van der Waals surface area contributed by atoms with Crippen LogP contribution in [0, 0.1) is 21.4 Å². The van der Waals surface area contributed by atoms with Gasteiger partial charge in [-0.3, -0.25) is 14.9 Å². The predicted octanol–water partition coefficient (Wildman–Crippen LogP) is 6.38. The second-order valence-corrected chi connectivity index (χ2v) is 10.5. The van der Waals surface area contributed by atoms with Crippen LogP contribution in [0.3, 0.4) is 0 Å². The molecular formula is C24H16BrCl2N3O7S. The molecule has 3 rings (SSSR count). The number of amides is 1. The van der Waals surface area contributed by atoms with Crippen molar-refractivity contribution in [1.82, 2.24) is 0 Å². The van der Waals surface area contributed by atoms with Crippen LogP contribution < -0.4 is 14.2 Å². The average Bonchev–Trinajstić information content (AvgIpc) is 2.87. The van der Waals surface area contributed by atoms with Gasteiger partial charge >= 0.3 is 10.1 Å². The van der Waals surface area contributed by atoms with Crippen molar-refractivity contribution in [3.63, 3.8) is 0 Å². The number of nitro benzene ring substituents is 1. The molecule has 1 amide bonds. The van der Waals surface area contributed by atoms with Crippen LogP contribution in [0.1, 0.15) is 12.5 Å². The number of benzene rings is 3. The summed E-state index contributed by atoms with van der Waals surface area (Å²) in [5.74, 6) is -1.03. The molecule has 0 bridgehead atoms. The molecule has 10 nitrogen and oxygen atoms in total. The van der Waals surface area contributed by atoms with E-state index in [1.807, 2.05) is 0 Å². The van der Waals surface area contributed by atoms with Crippen molar-refractivity contribution in [3.8, 4) is 17.6 Å². The van der Waals surface area contributed by atoms with E-state index in [4.69, 9.17) is 32.1 Å². The molecule has 0 aliphatic heterocycles. The molecule has 196 valence electrons. The second kappa shape index (κ2) is 12.3. The van der Waals surface area contributed by atoms with Gasteiger partial charge in [0.05, 0.1) is 31.7 Å². The Hall–Kier alpha value is -3.63. The highest BCUT2D eigenvalue weighted by molar-refractivity contribution is 9.10. The third-order valence-electron chi connectivity index (χ3n) is 4.72. The average molecular weight is 641 g/mol. The maximum atomic E-state index is 12.9. The molecule has 0 radical (unpaired) electrons. The van der Waals surface area contributed by atoms with E-state index in [0.717, 1.165) is 18.2 Å². The number of hydrogen-bond acceptors (Lipinski definition) is 8. The van der Waals surface area contributed by atoms with E-state index in [-0.39, 0.29) is 43.9 Å². The molecule has 3 aromatic carbocycles.